The predicted octanol–water partition coefficient (Wildman–Crippen LogP) is 0.656. The first kappa shape index (κ1) is 7.51. The first-order valence-corrected chi connectivity index (χ1v) is 4.10. The third-order valence-electron chi connectivity index (χ3n) is 1.60. The Hall–Kier alpha value is 0.400. The molecule has 1 fully saturated rings. The van der Waals surface area contributed by atoms with Gasteiger partial charge in [-0.15, -0.1) is 0 Å². The summed E-state index contributed by atoms with van der Waals surface area (Å²) in [6.45, 7) is 0. The molecule has 54 valence electrons. The van der Waals surface area contributed by atoms with Crippen LogP contribution in [0, 0.1) is 0 Å². The van der Waals surface area contributed by atoms with E-state index in [0.29, 0.717) is 11.2 Å². The van der Waals surface area contributed by atoms with Crippen LogP contribution < -0.4 is 0 Å². The zero-order valence-electron chi connectivity index (χ0n) is 5.13. The molecular weight excluding hydrogens is 184 g/mol. The van der Waals surface area contributed by atoms with Gasteiger partial charge in [-0.3, -0.25) is 0 Å². The minimum atomic E-state index is -0.307. The Morgan fingerprint density at radius 2 is 1.44 bits per heavy atom. The molecular formula is C6H11BrO2. The molecule has 0 radical (unpaired) electrons. The van der Waals surface area contributed by atoms with E-state index in [4.69, 9.17) is 10.2 Å². The number of hydrogen-bond donors (Lipinski definition) is 2. The van der Waals surface area contributed by atoms with E-state index in [1.807, 2.05) is 0 Å². The van der Waals surface area contributed by atoms with Gasteiger partial charge in [0.25, 0.3) is 0 Å². The summed E-state index contributed by atoms with van der Waals surface area (Å²) >= 11 is 3.35. The van der Waals surface area contributed by atoms with Gasteiger partial charge in [0.1, 0.15) is 0 Å². The van der Waals surface area contributed by atoms with Crippen LogP contribution in [0.25, 0.3) is 0 Å². The highest BCUT2D eigenvalue weighted by molar-refractivity contribution is 9.09. The molecule has 0 aromatic carbocycles. The molecule has 0 aromatic heterocycles. The van der Waals surface area contributed by atoms with Gasteiger partial charge in [-0.05, 0) is 19.3 Å². The number of hydrogen-bond acceptors (Lipinski definition) is 2. The lowest BCUT2D eigenvalue weighted by Gasteiger charge is -2.25. The molecule has 1 aliphatic rings. The van der Waals surface area contributed by atoms with Crippen LogP contribution in [0.4, 0.5) is 0 Å². The number of aliphatic hydroxyl groups is 2. The summed E-state index contributed by atoms with van der Waals surface area (Å²) in [5, 5.41) is 18.1. The fourth-order valence-corrected chi connectivity index (χ4v) is 2.06. The number of aliphatic hydroxyl groups excluding tert-OH is 2. The largest absolute Gasteiger partial charge is 0.393 e. The molecule has 0 spiro atoms. The van der Waals surface area contributed by atoms with Crippen LogP contribution in [0.2, 0.25) is 0 Å². The van der Waals surface area contributed by atoms with Crippen LogP contribution in [0.1, 0.15) is 19.3 Å². The lowest BCUT2D eigenvalue weighted by Crippen LogP contribution is -2.29. The van der Waals surface area contributed by atoms with E-state index >= 15 is 0 Å². The van der Waals surface area contributed by atoms with Crippen molar-refractivity contribution < 1.29 is 10.2 Å². The minimum absolute atomic E-state index is 0.302. The van der Waals surface area contributed by atoms with Gasteiger partial charge in [0.15, 0.2) is 0 Å². The zero-order valence-corrected chi connectivity index (χ0v) is 6.71. The molecule has 0 amide bonds. The summed E-state index contributed by atoms with van der Waals surface area (Å²) in [4.78, 5) is 0.302. The van der Waals surface area contributed by atoms with Gasteiger partial charge < -0.3 is 10.2 Å². The van der Waals surface area contributed by atoms with Crippen molar-refractivity contribution in [2.45, 2.75) is 36.3 Å². The smallest absolute Gasteiger partial charge is 0.0575 e. The van der Waals surface area contributed by atoms with Crippen LogP contribution in [0.5, 0.6) is 0 Å². The molecule has 0 saturated heterocycles. The van der Waals surface area contributed by atoms with Crippen LogP contribution in [-0.4, -0.2) is 27.2 Å². The van der Waals surface area contributed by atoms with E-state index in [0.717, 1.165) is 12.8 Å². The van der Waals surface area contributed by atoms with E-state index in [1.54, 1.807) is 0 Å². The van der Waals surface area contributed by atoms with E-state index in [1.165, 1.54) is 0 Å². The third-order valence-corrected chi connectivity index (χ3v) is 2.35. The van der Waals surface area contributed by atoms with Gasteiger partial charge >= 0.3 is 0 Å². The normalized spacial score (nSPS) is 45.0. The van der Waals surface area contributed by atoms with E-state index in [-0.39, 0.29) is 12.2 Å². The molecule has 3 heteroatoms. The Morgan fingerprint density at radius 1 is 1.00 bits per heavy atom. The van der Waals surface area contributed by atoms with Crippen LogP contribution in [-0.2, 0) is 0 Å². The summed E-state index contributed by atoms with van der Waals surface area (Å²) in [7, 11) is 0. The average molecular weight is 195 g/mol. The van der Waals surface area contributed by atoms with Crippen LogP contribution in [0.3, 0.4) is 0 Å². The summed E-state index contributed by atoms with van der Waals surface area (Å²) in [6, 6.07) is 0. The highest BCUT2D eigenvalue weighted by atomic mass is 79.9. The summed E-state index contributed by atoms with van der Waals surface area (Å²) in [5.41, 5.74) is 0. The lowest BCUT2D eigenvalue weighted by atomic mass is 9.95. The van der Waals surface area contributed by atoms with Gasteiger partial charge in [-0.25, -0.2) is 0 Å². The quantitative estimate of drug-likeness (QED) is 0.557. The number of rotatable bonds is 0. The van der Waals surface area contributed by atoms with Crippen LogP contribution in [0.15, 0.2) is 0 Å². The SMILES string of the molecule is O[C@@H]1C[C@H](O)C[C@H](Br)C1. The van der Waals surface area contributed by atoms with Crippen molar-refractivity contribution in [1.82, 2.24) is 0 Å². The van der Waals surface area contributed by atoms with Crippen molar-refractivity contribution in [3.8, 4) is 0 Å². The Balaban J connectivity index is 2.34. The summed E-state index contributed by atoms with van der Waals surface area (Å²) < 4.78 is 0. The fraction of sp³-hybridized carbons (Fsp3) is 1.00. The lowest BCUT2D eigenvalue weighted by molar-refractivity contribution is 0.0445. The molecule has 1 saturated carbocycles. The minimum Gasteiger partial charge on any atom is -0.393 e. The first-order chi connectivity index (χ1) is 4.18. The van der Waals surface area contributed by atoms with Gasteiger partial charge in [0.2, 0.25) is 0 Å². The van der Waals surface area contributed by atoms with Gasteiger partial charge in [-0.2, -0.15) is 0 Å². The summed E-state index contributed by atoms with van der Waals surface area (Å²) in [6.07, 6.45) is 1.48. The maximum Gasteiger partial charge on any atom is 0.0575 e. The molecule has 0 unspecified atom stereocenters. The molecule has 9 heavy (non-hydrogen) atoms. The molecule has 2 N–H and O–H groups in total. The monoisotopic (exact) mass is 194 g/mol. The Labute approximate surface area is 63.0 Å². The number of halogens is 1. The van der Waals surface area contributed by atoms with E-state index in [2.05, 4.69) is 15.9 Å². The predicted molar refractivity (Wildman–Crippen MR) is 38.6 cm³/mol. The zero-order chi connectivity index (χ0) is 6.85. The topological polar surface area (TPSA) is 40.5 Å². The van der Waals surface area contributed by atoms with Gasteiger partial charge in [0.05, 0.1) is 12.2 Å². The fourth-order valence-electron chi connectivity index (χ4n) is 1.19. The maximum atomic E-state index is 9.06. The van der Waals surface area contributed by atoms with E-state index < -0.39 is 0 Å². The van der Waals surface area contributed by atoms with Crippen molar-refractivity contribution in [2.24, 2.45) is 0 Å². The second-order valence-corrected chi connectivity index (χ2v) is 3.91. The summed E-state index contributed by atoms with van der Waals surface area (Å²) in [5.74, 6) is 0. The second-order valence-electron chi connectivity index (χ2n) is 2.61. The Morgan fingerprint density at radius 3 is 1.78 bits per heavy atom. The van der Waals surface area contributed by atoms with Crippen LogP contribution >= 0.6 is 15.9 Å². The third kappa shape index (κ3) is 2.24. The van der Waals surface area contributed by atoms with E-state index in [9.17, 15) is 0 Å². The molecule has 0 aromatic rings. The maximum absolute atomic E-state index is 9.06. The van der Waals surface area contributed by atoms with Gasteiger partial charge in [0, 0.05) is 4.83 Å². The Kier molecular flexibility index (Phi) is 2.50. The molecule has 0 aliphatic heterocycles. The molecule has 3 atom stereocenters. The molecule has 0 heterocycles. The number of alkyl halides is 1. The highest BCUT2D eigenvalue weighted by Gasteiger charge is 2.23. The molecule has 1 rings (SSSR count). The highest BCUT2D eigenvalue weighted by Crippen LogP contribution is 2.24. The standard InChI is InChI=1S/C6H11BrO2/c7-4-1-5(8)3-6(9)2-4/h4-6,8-9H,1-3H2/t4-,5+,6-. The van der Waals surface area contributed by atoms with Crippen molar-refractivity contribution in [3.05, 3.63) is 0 Å². The average Bonchev–Trinajstić information content (AvgIpc) is 1.59. The van der Waals surface area contributed by atoms with Crippen molar-refractivity contribution in [3.63, 3.8) is 0 Å². The van der Waals surface area contributed by atoms with Crippen molar-refractivity contribution in [1.29, 1.82) is 0 Å². The molecule has 1 aliphatic carbocycles. The molecule has 0 bridgehead atoms. The van der Waals surface area contributed by atoms with Gasteiger partial charge in [-0.1, -0.05) is 15.9 Å². The van der Waals surface area contributed by atoms with Crippen molar-refractivity contribution >= 4 is 15.9 Å². The first-order valence-electron chi connectivity index (χ1n) is 3.18. The van der Waals surface area contributed by atoms with Crippen molar-refractivity contribution in [2.75, 3.05) is 0 Å². The molecule has 2 nitrogen and oxygen atoms in total. The second kappa shape index (κ2) is 2.99. The Bertz CT molecular complexity index is 72.0.